The van der Waals surface area contributed by atoms with Gasteiger partial charge in [-0.2, -0.15) is 0 Å². The first-order valence-electron chi connectivity index (χ1n) is 27.1. The quantitative estimate of drug-likeness (QED) is 0.290. The van der Waals surface area contributed by atoms with Crippen molar-refractivity contribution in [1.29, 1.82) is 0 Å². The van der Waals surface area contributed by atoms with Crippen LogP contribution >= 0.6 is 0 Å². The van der Waals surface area contributed by atoms with Crippen LogP contribution in [-0.2, 0) is 0 Å². The van der Waals surface area contributed by atoms with Gasteiger partial charge in [0.15, 0.2) is 0 Å². The molecule has 3 saturated heterocycles. The number of hydrogen-bond acceptors (Lipinski definition) is 3. The highest BCUT2D eigenvalue weighted by atomic mass is 15.3. The number of nitrogens with one attached hydrogen (secondary N) is 1. The Balaban J connectivity index is 0.813. The van der Waals surface area contributed by atoms with Crippen molar-refractivity contribution in [2.24, 2.45) is 59.2 Å². The minimum absolute atomic E-state index is 0.813. The van der Waals surface area contributed by atoms with Crippen molar-refractivity contribution >= 4 is 0 Å². The van der Waals surface area contributed by atoms with Crippen molar-refractivity contribution in [2.45, 2.75) is 273 Å². The van der Waals surface area contributed by atoms with E-state index in [0.29, 0.717) is 0 Å². The van der Waals surface area contributed by atoms with Crippen molar-refractivity contribution in [1.82, 2.24) is 15.1 Å². The summed E-state index contributed by atoms with van der Waals surface area (Å²) in [6, 6.07) is 7.24. The molecule has 8 aliphatic carbocycles. The molecule has 8 saturated carbocycles. The first-order valence-corrected chi connectivity index (χ1v) is 27.1. The molecule has 316 valence electrons. The lowest BCUT2D eigenvalue weighted by Crippen LogP contribution is -2.60. The molecule has 11 aliphatic rings. The maximum absolute atomic E-state index is 4.51. The third kappa shape index (κ3) is 7.48. The summed E-state index contributed by atoms with van der Waals surface area (Å²) in [5, 5.41) is 4.51. The van der Waals surface area contributed by atoms with Gasteiger partial charge in [0, 0.05) is 48.3 Å². The minimum Gasteiger partial charge on any atom is -0.311 e. The van der Waals surface area contributed by atoms with Gasteiger partial charge in [-0.1, -0.05) is 109 Å². The second-order valence-corrected chi connectivity index (χ2v) is 23.8. The van der Waals surface area contributed by atoms with Crippen LogP contribution in [0.3, 0.4) is 0 Å². The van der Waals surface area contributed by atoms with Crippen LogP contribution in [0, 0.1) is 59.2 Å². The fourth-order valence-electron chi connectivity index (χ4n) is 19.1. The highest BCUT2D eigenvalue weighted by molar-refractivity contribution is 5.11. The van der Waals surface area contributed by atoms with E-state index in [9.17, 15) is 0 Å². The van der Waals surface area contributed by atoms with Crippen LogP contribution in [0.2, 0.25) is 0 Å². The number of likely N-dealkylation sites (tertiary alicyclic amines) is 2. The maximum atomic E-state index is 4.51. The minimum atomic E-state index is 0.813. The van der Waals surface area contributed by atoms with E-state index in [1.165, 1.54) is 116 Å². The van der Waals surface area contributed by atoms with Crippen molar-refractivity contribution in [3.05, 3.63) is 0 Å². The van der Waals surface area contributed by atoms with Gasteiger partial charge in [-0.15, -0.1) is 0 Å². The first kappa shape index (κ1) is 38.8. The zero-order chi connectivity index (χ0) is 37.0. The van der Waals surface area contributed by atoms with Gasteiger partial charge >= 0.3 is 0 Å². The van der Waals surface area contributed by atoms with E-state index in [-0.39, 0.29) is 0 Å². The van der Waals surface area contributed by atoms with Gasteiger partial charge in [-0.05, 0) is 175 Å². The molecule has 56 heavy (non-hydrogen) atoms. The van der Waals surface area contributed by atoms with E-state index < -0.39 is 0 Å². The lowest BCUT2D eigenvalue weighted by Gasteiger charge is -2.51. The van der Waals surface area contributed by atoms with Crippen molar-refractivity contribution < 1.29 is 0 Å². The van der Waals surface area contributed by atoms with E-state index in [1.807, 2.05) is 0 Å². The molecule has 0 aromatic carbocycles. The van der Waals surface area contributed by atoms with Gasteiger partial charge in [0.05, 0.1) is 0 Å². The summed E-state index contributed by atoms with van der Waals surface area (Å²) >= 11 is 0. The van der Waals surface area contributed by atoms with E-state index in [1.54, 1.807) is 109 Å². The molecule has 14 unspecified atom stereocenters. The van der Waals surface area contributed by atoms with Crippen molar-refractivity contribution in [3.8, 4) is 0 Å². The fraction of sp³-hybridized carbons (Fsp3) is 1.00. The molecular weight excluding hydrogens is 679 g/mol. The van der Waals surface area contributed by atoms with Gasteiger partial charge in [0.2, 0.25) is 0 Å². The van der Waals surface area contributed by atoms with Gasteiger partial charge in [-0.25, -0.2) is 0 Å². The highest BCUT2D eigenvalue weighted by Crippen LogP contribution is 2.58. The zero-order valence-electron chi connectivity index (χ0n) is 36.5. The van der Waals surface area contributed by atoms with Crippen molar-refractivity contribution in [2.75, 3.05) is 0 Å². The molecule has 11 rings (SSSR count). The Kier molecular flexibility index (Phi) is 12.0. The Hall–Kier alpha value is -0.120. The van der Waals surface area contributed by atoms with Crippen molar-refractivity contribution in [3.63, 3.8) is 0 Å². The van der Waals surface area contributed by atoms with Gasteiger partial charge < -0.3 is 5.32 Å². The van der Waals surface area contributed by atoms with Crippen LogP contribution in [0.1, 0.15) is 225 Å². The molecule has 0 radical (unpaired) electrons. The van der Waals surface area contributed by atoms with Crippen LogP contribution in [0.5, 0.6) is 0 Å². The summed E-state index contributed by atoms with van der Waals surface area (Å²) in [5.41, 5.74) is 0. The Morgan fingerprint density at radius 1 is 0.250 bits per heavy atom. The van der Waals surface area contributed by atoms with E-state index in [2.05, 4.69) is 15.1 Å². The molecule has 0 aromatic rings. The normalized spacial score (nSPS) is 49.2. The predicted molar refractivity (Wildman–Crippen MR) is 234 cm³/mol. The predicted octanol–water partition coefficient (Wildman–Crippen LogP) is 13.1. The SMILES string of the molecule is C1CCC(C2CCCC(N3C4CCCCC4C4CC(C5CCC6C7CCCCC7N(C7CC(C8CCCCC8)NC(C8CCCCC8)C7)C6C5)CCC43)C2)CC1. The first-order chi connectivity index (χ1) is 27.8. The second kappa shape index (κ2) is 17.3. The smallest absolute Gasteiger partial charge is 0.0135 e. The Morgan fingerprint density at radius 2 is 0.714 bits per heavy atom. The summed E-state index contributed by atoms with van der Waals surface area (Å²) < 4.78 is 0. The number of fused-ring (bicyclic) bond motifs is 6. The van der Waals surface area contributed by atoms with Crippen LogP contribution in [0.25, 0.3) is 0 Å². The summed E-state index contributed by atoms with van der Waals surface area (Å²) in [4.78, 5) is 6.81. The average Bonchev–Trinajstić information content (AvgIpc) is 3.79. The van der Waals surface area contributed by atoms with Gasteiger partial charge in [0.1, 0.15) is 0 Å². The maximum Gasteiger partial charge on any atom is 0.0135 e. The van der Waals surface area contributed by atoms with Crippen LogP contribution in [0.4, 0.5) is 0 Å². The lowest BCUT2D eigenvalue weighted by molar-refractivity contribution is 0.00323. The highest BCUT2D eigenvalue weighted by Gasteiger charge is 2.58. The topological polar surface area (TPSA) is 18.5 Å². The third-order valence-electron chi connectivity index (χ3n) is 21.4. The molecule has 0 amide bonds. The van der Waals surface area contributed by atoms with E-state index in [0.717, 1.165) is 108 Å². The molecule has 0 bridgehead atoms. The molecule has 3 heterocycles. The van der Waals surface area contributed by atoms with Gasteiger partial charge in [0.25, 0.3) is 0 Å². The van der Waals surface area contributed by atoms with Crippen LogP contribution < -0.4 is 5.32 Å². The molecule has 3 nitrogen and oxygen atoms in total. The average molecular weight is 768 g/mol. The molecular formula is C53H89N3. The number of nitrogens with zero attached hydrogens (tertiary/aromatic N) is 2. The van der Waals surface area contributed by atoms with Crippen LogP contribution in [0.15, 0.2) is 0 Å². The molecule has 14 atom stereocenters. The molecule has 1 N–H and O–H groups in total. The molecule has 0 aromatic heterocycles. The lowest BCUT2D eigenvalue weighted by atomic mass is 9.62. The fourth-order valence-corrected chi connectivity index (χ4v) is 19.1. The molecule has 11 fully saturated rings. The number of hydrogen-bond donors (Lipinski definition) is 1. The summed E-state index contributed by atoms with van der Waals surface area (Å²) in [6.07, 6.45) is 54.1. The van der Waals surface area contributed by atoms with Gasteiger partial charge in [-0.3, -0.25) is 9.80 Å². The largest absolute Gasteiger partial charge is 0.311 e. The molecule has 0 spiro atoms. The second-order valence-electron chi connectivity index (χ2n) is 23.8. The molecule has 3 aliphatic heterocycles. The summed E-state index contributed by atoms with van der Waals surface area (Å²) in [7, 11) is 0. The summed E-state index contributed by atoms with van der Waals surface area (Å²) in [5.74, 6) is 10.3. The molecule has 3 heteroatoms. The Labute approximate surface area is 346 Å². The Bertz CT molecular complexity index is 1240. The number of rotatable bonds is 6. The van der Waals surface area contributed by atoms with E-state index >= 15 is 0 Å². The summed E-state index contributed by atoms with van der Waals surface area (Å²) in [6.45, 7) is 0. The van der Waals surface area contributed by atoms with E-state index in [4.69, 9.17) is 0 Å². The third-order valence-corrected chi connectivity index (χ3v) is 21.4. The standard InChI is InChI=1S/C53H89N3/c1-4-15-36(16-5-1)39-21-14-22-42(31-39)55-51-26-13-11-24-45(51)47-32-40(28-30-52(47)55)41-27-29-46-44-23-10-12-25-50(44)56(53(46)33-41)43-34-48(37-17-6-2-7-18-37)54-49(35-43)38-19-8-3-9-20-38/h36-54H,1-35H2. The Morgan fingerprint density at radius 3 is 1.38 bits per heavy atom. The monoisotopic (exact) mass is 768 g/mol. The zero-order valence-corrected chi connectivity index (χ0v) is 36.5. The number of piperidine rings is 1. The van der Waals surface area contributed by atoms with Crippen LogP contribution in [-0.4, -0.2) is 58.1 Å².